The SMILES string of the molecule is CC(=O)CC(=O)N=c1ccc2nc(=O)nc-2c1=NNc1ccccc1C(F)(F)F. The van der Waals surface area contributed by atoms with Crippen LogP contribution in [0.3, 0.4) is 0 Å². The van der Waals surface area contributed by atoms with E-state index >= 15 is 0 Å². The van der Waals surface area contributed by atoms with Crippen LogP contribution < -0.4 is 21.8 Å². The maximum absolute atomic E-state index is 13.2. The van der Waals surface area contributed by atoms with Crippen molar-refractivity contribution in [2.75, 3.05) is 5.43 Å². The van der Waals surface area contributed by atoms with Gasteiger partial charge in [-0.3, -0.25) is 15.0 Å². The number of carbonyl (C=O) groups excluding carboxylic acids is 2. The van der Waals surface area contributed by atoms with Gasteiger partial charge in [-0.2, -0.15) is 28.2 Å². The summed E-state index contributed by atoms with van der Waals surface area (Å²) in [5.74, 6) is -1.18. The molecule has 0 saturated carbocycles. The van der Waals surface area contributed by atoms with Gasteiger partial charge in [0.15, 0.2) is 0 Å². The number of imidazole rings is 1. The van der Waals surface area contributed by atoms with Gasteiger partial charge < -0.3 is 0 Å². The minimum atomic E-state index is -4.63. The molecule has 3 rings (SSSR count). The fourth-order valence-electron chi connectivity index (χ4n) is 2.51. The van der Waals surface area contributed by atoms with Crippen molar-refractivity contribution in [3.63, 3.8) is 0 Å². The Bertz CT molecular complexity index is 1230. The summed E-state index contributed by atoms with van der Waals surface area (Å²) in [5.41, 5.74) is 0.262. The first-order valence-corrected chi connectivity index (χ1v) is 8.16. The van der Waals surface area contributed by atoms with Crippen LogP contribution in [0.5, 0.6) is 0 Å². The van der Waals surface area contributed by atoms with Crippen LogP contribution in [0.25, 0.3) is 11.4 Å². The summed E-state index contributed by atoms with van der Waals surface area (Å²) < 4.78 is 39.5. The number of hydrogen-bond donors (Lipinski definition) is 1. The van der Waals surface area contributed by atoms with Gasteiger partial charge in [0.1, 0.15) is 16.8 Å². The van der Waals surface area contributed by atoms with Gasteiger partial charge in [0, 0.05) is 0 Å². The Kier molecular flexibility index (Phi) is 5.31. The number of nitrogens with zero attached hydrogens (tertiary/aromatic N) is 4. The van der Waals surface area contributed by atoms with Crippen LogP contribution >= 0.6 is 0 Å². The quantitative estimate of drug-likeness (QED) is 0.517. The van der Waals surface area contributed by atoms with Crippen LogP contribution in [0.1, 0.15) is 18.9 Å². The molecule has 1 heterocycles. The molecule has 1 aromatic carbocycles. The second-order valence-electron chi connectivity index (χ2n) is 5.96. The fraction of sp³-hybridized carbons (Fsp3) is 0.167. The van der Waals surface area contributed by atoms with Gasteiger partial charge >= 0.3 is 11.9 Å². The summed E-state index contributed by atoms with van der Waals surface area (Å²) in [6, 6.07) is 7.32. The molecule has 1 amide bonds. The summed E-state index contributed by atoms with van der Waals surface area (Å²) in [6.07, 6.45) is -5.08. The summed E-state index contributed by atoms with van der Waals surface area (Å²) in [6.45, 7) is 1.21. The maximum Gasteiger partial charge on any atom is 0.418 e. The zero-order chi connectivity index (χ0) is 21.2. The average molecular weight is 403 g/mol. The lowest BCUT2D eigenvalue weighted by Gasteiger charge is -2.11. The molecule has 1 aliphatic carbocycles. The van der Waals surface area contributed by atoms with E-state index in [-0.39, 0.29) is 27.8 Å². The number of amides is 1. The van der Waals surface area contributed by atoms with Crippen molar-refractivity contribution >= 4 is 17.4 Å². The van der Waals surface area contributed by atoms with Crippen LogP contribution in [0, 0.1) is 0 Å². The second kappa shape index (κ2) is 7.70. The zero-order valence-corrected chi connectivity index (χ0v) is 14.8. The number of hydrogen-bond acceptors (Lipinski definition) is 7. The third-order valence-corrected chi connectivity index (χ3v) is 3.70. The fourth-order valence-corrected chi connectivity index (χ4v) is 2.51. The van der Waals surface area contributed by atoms with Gasteiger partial charge in [0.25, 0.3) is 5.91 Å². The molecule has 1 aromatic rings. The number of fused-ring (bicyclic) bond motifs is 1. The molecular weight excluding hydrogens is 391 g/mol. The molecule has 29 heavy (non-hydrogen) atoms. The molecule has 0 radical (unpaired) electrons. The van der Waals surface area contributed by atoms with E-state index in [0.29, 0.717) is 0 Å². The lowest BCUT2D eigenvalue weighted by Crippen LogP contribution is -2.31. The highest BCUT2D eigenvalue weighted by Crippen LogP contribution is 2.34. The Balaban J connectivity index is 2.17. The van der Waals surface area contributed by atoms with Crippen molar-refractivity contribution in [1.29, 1.82) is 0 Å². The smallest absolute Gasteiger partial charge is 0.299 e. The van der Waals surface area contributed by atoms with Gasteiger partial charge in [-0.15, -0.1) is 0 Å². The monoisotopic (exact) mass is 403 g/mol. The van der Waals surface area contributed by atoms with E-state index in [4.69, 9.17) is 0 Å². The van der Waals surface area contributed by atoms with Crippen molar-refractivity contribution in [3.05, 3.63) is 63.2 Å². The number of aromatic nitrogens is 2. The van der Waals surface area contributed by atoms with Crippen molar-refractivity contribution in [3.8, 4) is 11.4 Å². The minimum absolute atomic E-state index is 0.0381. The van der Waals surface area contributed by atoms with Gasteiger partial charge in [0.2, 0.25) is 0 Å². The minimum Gasteiger partial charge on any atom is -0.299 e. The largest absolute Gasteiger partial charge is 0.418 e. The van der Waals surface area contributed by atoms with E-state index in [1.165, 1.54) is 37.3 Å². The molecule has 0 atom stereocenters. The molecule has 0 saturated heterocycles. The maximum atomic E-state index is 13.2. The number of ketones is 1. The normalized spacial score (nSPS) is 13.1. The Labute approximate surface area is 160 Å². The predicted molar refractivity (Wildman–Crippen MR) is 93.8 cm³/mol. The van der Waals surface area contributed by atoms with Crippen molar-refractivity contribution in [1.82, 2.24) is 9.97 Å². The summed E-state index contributed by atoms with van der Waals surface area (Å²) in [7, 11) is 0. The number of anilines is 1. The number of halogens is 3. The third-order valence-electron chi connectivity index (χ3n) is 3.70. The Morgan fingerprint density at radius 1 is 1.10 bits per heavy atom. The molecule has 148 valence electrons. The number of nitrogens with one attached hydrogen (secondary N) is 1. The van der Waals surface area contributed by atoms with Gasteiger partial charge in [-0.25, -0.2) is 9.79 Å². The first-order valence-electron chi connectivity index (χ1n) is 8.16. The molecule has 2 aliphatic rings. The molecule has 1 aliphatic heterocycles. The zero-order valence-electron chi connectivity index (χ0n) is 14.8. The van der Waals surface area contributed by atoms with Crippen LogP contribution in [0.4, 0.5) is 18.9 Å². The van der Waals surface area contributed by atoms with Crippen LogP contribution in [0.2, 0.25) is 0 Å². The van der Waals surface area contributed by atoms with Crippen LogP contribution in [-0.4, -0.2) is 21.7 Å². The lowest BCUT2D eigenvalue weighted by molar-refractivity contribution is -0.137. The van der Waals surface area contributed by atoms with Crippen molar-refractivity contribution in [2.24, 2.45) is 10.1 Å². The Morgan fingerprint density at radius 3 is 2.52 bits per heavy atom. The molecule has 0 unspecified atom stereocenters. The van der Waals surface area contributed by atoms with E-state index in [9.17, 15) is 27.6 Å². The molecular formula is C18H12F3N5O3. The molecule has 0 spiro atoms. The van der Waals surface area contributed by atoms with Gasteiger partial charge in [-0.05, 0) is 31.2 Å². The summed E-state index contributed by atoms with van der Waals surface area (Å²) in [5, 5.41) is 3.69. The Hall–Kier alpha value is -3.76. The summed E-state index contributed by atoms with van der Waals surface area (Å²) >= 11 is 0. The molecule has 0 bridgehead atoms. The molecule has 8 nitrogen and oxygen atoms in total. The first kappa shape index (κ1) is 20.0. The summed E-state index contributed by atoms with van der Waals surface area (Å²) in [4.78, 5) is 45.5. The first-order chi connectivity index (χ1) is 13.6. The van der Waals surface area contributed by atoms with E-state index in [0.717, 1.165) is 6.07 Å². The molecule has 0 fully saturated rings. The van der Waals surface area contributed by atoms with Crippen molar-refractivity contribution < 1.29 is 22.8 Å². The second-order valence-corrected chi connectivity index (χ2v) is 5.96. The molecule has 0 aromatic heterocycles. The number of benzene rings is 2. The van der Waals surface area contributed by atoms with E-state index < -0.39 is 35.5 Å². The molecule has 1 N–H and O–H groups in total. The average Bonchev–Trinajstić information content (AvgIpc) is 3.00. The van der Waals surface area contributed by atoms with E-state index in [1.807, 2.05) is 0 Å². The van der Waals surface area contributed by atoms with Gasteiger partial charge in [-0.1, -0.05) is 12.1 Å². The molecule has 11 heteroatoms. The number of para-hydroxylation sites is 1. The number of Topliss-reactive ketones (excluding diaryl/α,β-unsaturated/α-hetero) is 1. The highest BCUT2D eigenvalue weighted by atomic mass is 19.4. The third kappa shape index (κ3) is 4.57. The Morgan fingerprint density at radius 2 is 1.83 bits per heavy atom. The standard InChI is InChI=1S/C18H12F3N5O3/c1-9(27)8-14(28)22-13-7-6-12-15(24-17(29)23-12)16(13)26-25-11-5-3-2-4-10(11)18(19,20)21/h2-7,25H,8H2,1H3. The van der Waals surface area contributed by atoms with E-state index in [1.54, 1.807) is 0 Å². The van der Waals surface area contributed by atoms with Crippen LogP contribution in [-0.2, 0) is 15.8 Å². The highest BCUT2D eigenvalue weighted by molar-refractivity contribution is 5.97. The lowest BCUT2D eigenvalue weighted by atomic mass is 10.2. The van der Waals surface area contributed by atoms with Gasteiger partial charge in [0.05, 0.1) is 28.7 Å². The predicted octanol–water partition coefficient (Wildman–Crippen LogP) is 1.17. The highest BCUT2D eigenvalue weighted by Gasteiger charge is 2.33. The number of carbonyl (C=O) groups is 2. The number of rotatable bonds is 4. The van der Waals surface area contributed by atoms with Crippen LogP contribution in [0.15, 0.2) is 51.3 Å². The topological polar surface area (TPSA) is 114 Å². The van der Waals surface area contributed by atoms with Crippen molar-refractivity contribution in [2.45, 2.75) is 19.5 Å². The van der Waals surface area contributed by atoms with E-state index in [2.05, 4.69) is 25.5 Å². The number of alkyl halides is 3.